The summed E-state index contributed by atoms with van der Waals surface area (Å²) in [6.07, 6.45) is 1.80. The van der Waals surface area contributed by atoms with E-state index in [0.717, 1.165) is 34.3 Å². The van der Waals surface area contributed by atoms with E-state index >= 15 is 0 Å². The molecule has 0 fully saturated rings. The molecule has 0 aliphatic carbocycles. The van der Waals surface area contributed by atoms with Gasteiger partial charge in [0.25, 0.3) is 0 Å². The number of methoxy groups -OCH3 is 1. The molecule has 6 nitrogen and oxygen atoms in total. The summed E-state index contributed by atoms with van der Waals surface area (Å²) in [7, 11) is -2.04. The van der Waals surface area contributed by atoms with Crippen LogP contribution >= 0.6 is 0 Å². The molecule has 7 heteroatoms. The third kappa shape index (κ3) is 5.53. The number of hydrogen-bond donors (Lipinski definition) is 1. The fourth-order valence-electron chi connectivity index (χ4n) is 3.72. The Labute approximate surface area is 180 Å². The van der Waals surface area contributed by atoms with Crippen LogP contribution in [0.2, 0.25) is 0 Å². The highest BCUT2D eigenvalue weighted by atomic mass is 32.2. The standard InChI is InChI=1S/C23H32N2O4S/c1-8-21(19-9-10-22(29-6)17(4)14-19)24-23(26)18(5)25(30(7,27)28)20-12-15(2)11-16(3)13-20/h9-14,18,21H,8H2,1-7H3,(H,24,26)/t18-,21-/m0/s1. The van der Waals surface area contributed by atoms with E-state index in [1.807, 2.05) is 52.0 Å². The zero-order chi connectivity index (χ0) is 22.6. The number of sulfonamides is 1. The number of nitrogens with one attached hydrogen (secondary N) is 1. The van der Waals surface area contributed by atoms with Crippen molar-refractivity contribution in [2.75, 3.05) is 17.7 Å². The van der Waals surface area contributed by atoms with Gasteiger partial charge in [0, 0.05) is 0 Å². The molecule has 0 unspecified atom stereocenters. The summed E-state index contributed by atoms with van der Waals surface area (Å²) in [5, 5.41) is 3.01. The Morgan fingerprint density at radius 3 is 2.17 bits per heavy atom. The second kappa shape index (κ2) is 9.51. The van der Waals surface area contributed by atoms with E-state index in [0.29, 0.717) is 12.1 Å². The Kier molecular flexibility index (Phi) is 7.53. The summed E-state index contributed by atoms with van der Waals surface area (Å²) in [5.41, 5.74) is 4.29. The maximum Gasteiger partial charge on any atom is 0.244 e. The average molecular weight is 433 g/mol. The van der Waals surface area contributed by atoms with Crippen molar-refractivity contribution in [3.8, 4) is 5.75 Å². The first-order valence-corrected chi connectivity index (χ1v) is 11.8. The van der Waals surface area contributed by atoms with E-state index in [-0.39, 0.29) is 11.9 Å². The van der Waals surface area contributed by atoms with Crippen LogP contribution in [0.1, 0.15) is 48.6 Å². The van der Waals surface area contributed by atoms with Gasteiger partial charge in [-0.1, -0.05) is 25.1 Å². The zero-order valence-electron chi connectivity index (χ0n) is 18.8. The molecule has 164 valence electrons. The highest BCUT2D eigenvalue weighted by molar-refractivity contribution is 7.92. The summed E-state index contributed by atoms with van der Waals surface area (Å²) >= 11 is 0. The van der Waals surface area contributed by atoms with E-state index in [9.17, 15) is 13.2 Å². The second-order valence-corrected chi connectivity index (χ2v) is 9.64. The predicted molar refractivity (Wildman–Crippen MR) is 122 cm³/mol. The van der Waals surface area contributed by atoms with Gasteiger partial charge in [-0.25, -0.2) is 8.42 Å². The third-order valence-corrected chi connectivity index (χ3v) is 6.34. The van der Waals surface area contributed by atoms with Crippen LogP contribution in [0.4, 0.5) is 5.69 Å². The van der Waals surface area contributed by atoms with Gasteiger partial charge < -0.3 is 10.1 Å². The van der Waals surface area contributed by atoms with Gasteiger partial charge >= 0.3 is 0 Å². The van der Waals surface area contributed by atoms with Crippen molar-refractivity contribution >= 4 is 21.6 Å². The molecule has 2 atom stereocenters. The molecule has 0 spiro atoms. The Morgan fingerprint density at radius 2 is 1.70 bits per heavy atom. The molecule has 0 bridgehead atoms. The predicted octanol–water partition coefficient (Wildman–Crippen LogP) is 4.04. The number of aryl methyl sites for hydroxylation is 3. The minimum absolute atomic E-state index is 0.231. The van der Waals surface area contributed by atoms with Crippen molar-refractivity contribution in [1.82, 2.24) is 5.32 Å². The number of benzene rings is 2. The number of nitrogens with zero attached hydrogens (tertiary/aromatic N) is 1. The Hall–Kier alpha value is -2.54. The topological polar surface area (TPSA) is 75.7 Å². The highest BCUT2D eigenvalue weighted by Crippen LogP contribution is 2.26. The van der Waals surface area contributed by atoms with Gasteiger partial charge in [-0.3, -0.25) is 9.10 Å². The van der Waals surface area contributed by atoms with Crippen molar-refractivity contribution in [3.05, 3.63) is 58.7 Å². The number of anilines is 1. The maximum atomic E-state index is 13.1. The molecule has 0 aliphatic rings. The SMILES string of the molecule is CC[C@H](NC(=O)[C@H](C)N(c1cc(C)cc(C)c1)S(C)(=O)=O)c1ccc(OC)c(C)c1. The van der Waals surface area contributed by atoms with Gasteiger partial charge in [-0.05, 0) is 74.6 Å². The average Bonchev–Trinajstić information content (AvgIpc) is 2.63. The highest BCUT2D eigenvalue weighted by Gasteiger charge is 2.30. The van der Waals surface area contributed by atoms with Crippen molar-refractivity contribution in [2.45, 2.75) is 53.1 Å². The van der Waals surface area contributed by atoms with E-state index in [1.54, 1.807) is 26.2 Å². The van der Waals surface area contributed by atoms with Gasteiger partial charge in [-0.2, -0.15) is 0 Å². The van der Waals surface area contributed by atoms with Crippen LogP contribution in [-0.4, -0.2) is 33.7 Å². The number of carbonyl (C=O) groups is 1. The smallest absolute Gasteiger partial charge is 0.244 e. The van der Waals surface area contributed by atoms with Crippen LogP contribution in [0.3, 0.4) is 0 Å². The molecule has 30 heavy (non-hydrogen) atoms. The molecule has 0 saturated carbocycles. The quantitative estimate of drug-likeness (QED) is 0.683. The lowest BCUT2D eigenvalue weighted by molar-refractivity contribution is -0.122. The molecule has 2 rings (SSSR count). The van der Waals surface area contributed by atoms with Crippen LogP contribution in [0.5, 0.6) is 5.75 Å². The monoisotopic (exact) mass is 432 g/mol. The number of ether oxygens (including phenoxy) is 1. The lowest BCUT2D eigenvalue weighted by Crippen LogP contribution is -2.48. The molecule has 0 radical (unpaired) electrons. The summed E-state index contributed by atoms with van der Waals surface area (Å²) in [6.45, 7) is 9.35. The molecular weight excluding hydrogens is 400 g/mol. The van der Waals surface area contributed by atoms with E-state index in [4.69, 9.17) is 4.74 Å². The van der Waals surface area contributed by atoms with Crippen LogP contribution in [0.15, 0.2) is 36.4 Å². The molecule has 2 aromatic carbocycles. The maximum absolute atomic E-state index is 13.1. The van der Waals surface area contributed by atoms with Crippen molar-refractivity contribution in [1.29, 1.82) is 0 Å². The van der Waals surface area contributed by atoms with Gasteiger partial charge in [-0.15, -0.1) is 0 Å². The van der Waals surface area contributed by atoms with Crippen molar-refractivity contribution in [3.63, 3.8) is 0 Å². The first kappa shape index (κ1) is 23.7. The normalized spacial score (nSPS) is 13.4. The molecule has 0 heterocycles. The third-order valence-electron chi connectivity index (χ3n) is 5.10. The minimum Gasteiger partial charge on any atom is -0.496 e. The first-order valence-electron chi connectivity index (χ1n) is 10.0. The van der Waals surface area contributed by atoms with E-state index < -0.39 is 16.1 Å². The summed E-state index contributed by atoms with van der Waals surface area (Å²) in [6, 6.07) is 10.2. The Bertz CT molecular complexity index is 998. The zero-order valence-corrected chi connectivity index (χ0v) is 19.6. The molecular formula is C23H32N2O4S. The number of rotatable bonds is 8. The number of carbonyl (C=O) groups excluding carboxylic acids is 1. The second-order valence-electron chi connectivity index (χ2n) is 7.78. The van der Waals surface area contributed by atoms with Gasteiger partial charge in [0.05, 0.1) is 25.1 Å². The van der Waals surface area contributed by atoms with Gasteiger partial charge in [0.2, 0.25) is 15.9 Å². The van der Waals surface area contributed by atoms with Crippen LogP contribution in [0, 0.1) is 20.8 Å². The van der Waals surface area contributed by atoms with Crippen molar-refractivity contribution in [2.24, 2.45) is 0 Å². The minimum atomic E-state index is -3.66. The molecule has 2 aromatic rings. The molecule has 1 amide bonds. The van der Waals surface area contributed by atoms with Gasteiger partial charge in [0.15, 0.2) is 0 Å². The van der Waals surface area contributed by atoms with Crippen LogP contribution in [-0.2, 0) is 14.8 Å². The van der Waals surface area contributed by atoms with Gasteiger partial charge in [0.1, 0.15) is 11.8 Å². The summed E-state index contributed by atoms with van der Waals surface area (Å²) in [4.78, 5) is 13.1. The summed E-state index contributed by atoms with van der Waals surface area (Å²) in [5.74, 6) is 0.436. The first-order chi connectivity index (χ1) is 14.0. The fourth-order valence-corrected chi connectivity index (χ4v) is 4.88. The van der Waals surface area contributed by atoms with Crippen molar-refractivity contribution < 1.29 is 17.9 Å². The van der Waals surface area contributed by atoms with E-state index in [1.165, 1.54) is 4.31 Å². The number of amides is 1. The lowest BCUT2D eigenvalue weighted by Gasteiger charge is -2.30. The largest absolute Gasteiger partial charge is 0.496 e. The lowest BCUT2D eigenvalue weighted by atomic mass is 10.0. The summed E-state index contributed by atoms with van der Waals surface area (Å²) < 4.78 is 31.6. The van der Waals surface area contributed by atoms with Crippen LogP contribution in [0.25, 0.3) is 0 Å². The Morgan fingerprint density at radius 1 is 1.10 bits per heavy atom. The fraction of sp³-hybridized carbons (Fsp3) is 0.435. The molecule has 0 aromatic heterocycles. The molecule has 1 N–H and O–H groups in total. The Balaban J connectivity index is 2.33. The van der Waals surface area contributed by atoms with Crippen LogP contribution < -0.4 is 14.4 Å². The molecule has 0 saturated heterocycles. The van der Waals surface area contributed by atoms with E-state index in [2.05, 4.69) is 5.32 Å². The molecule has 0 aliphatic heterocycles. The number of hydrogen-bond acceptors (Lipinski definition) is 4.